The van der Waals surface area contributed by atoms with E-state index in [1.165, 1.54) is 12.1 Å². The summed E-state index contributed by atoms with van der Waals surface area (Å²) in [4.78, 5) is 40.9. The molecule has 1 aliphatic rings. The Bertz CT molecular complexity index is 1630. The van der Waals surface area contributed by atoms with Gasteiger partial charge in [-0.15, -0.1) is 0 Å². The number of rotatable bonds is 7. The number of hydrazine groups is 1. The monoisotopic (exact) mass is 529 g/mol. The number of aromatic amines is 1. The second-order valence-electron chi connectivity index (χ2n) is 8.80. The maximum atomic E-state index is 13.6. The Morgan fingerprint density at radius 2 is 1.74 bits per heavy atom. The van der Waals surface area contributed by atoms with Crippen LogP contribution in [0.1, 0.15) is 30.0 Å². The maximum Gasteiger partial charge on any atom is 0.303 e. The van der Waals surface area contributed by atoms with Crippen molar-refractivity contribution in [2.24, 2.45) is 0 Å². The molecule has 38 heavy (non-hydrogen) atoms. The van der Waals surface area contributed by atoms with Crippen molar-refractivity contribution in [2.75, 3.05) is 7.11 Å². The molecule has 5 rings (SSSR count). The van der Waals surface area contributed by atoms with E-state index < -0.39 is 17.9 Å². The summed E-state index contributed by atoms with van der Waals surface area (Å²) >= 11 is 6.35. The molecule has 1 atom stereocenters. The molecule has 9 heteroatoms. The Kier molecular flexibility index (Phi) is 6.89. The summed E-state index contributed by atoms with van der Waals surface area (Å²) in [7, 11) is 1.54. The number of aliphatic carboxylic acids is 1. The first kappa shape index (κ1) is 25.1. The summed E-state index contributed by atoms with van der Waals surface area (Å²) in [5, 5.41) is 11.7. The van der Waals surface area contributed by atoms with E-state index >= 15 is 0 Å². The molecule has 1 amide bonds. The number of H-pyrrole nitrogens is 1. The van der Waals surface area contributed by atoms with Gasteiger partial charge >= 0.3 is 5.97 Å². The summed E-state index contributed by atoms with van der Waals surface area (Å²) in [5.74, 6) is -0.958. The number of hydrogen-bond acceptors (Lipinski definition) is 5. The van der Waals surface area contributed by atoms with Gasteiger partial charge in [-0.2, -0.15) is 0 Å². The van der Waals surface area contributed by atoms with Crippen molar-refractivity contribution in [1.29, 1.82) is 0 Å². The number of carboxylic acid groups (broad SMARTS) is 1. The van der Waals surface area contributed by atoms with Crippen molar-refractivity contribution in [2.45, 2.75) is 18.9 Å². The normalized spacial score (nSPS) is 14.7. The van der Waals surface area contributed by atoms with Crippen molar-refractivity contribution in [3.8, 4) is 16.9 Å². The van der Waals surface area contributed by atoms with Gasteiger partial charge < -0.3 is 14.8 Å². The lowest BCUT2D eigenvalue weighted by atomic mass is 9.94. The van der Waals surface area contributed by atoms with Crippen LogP contribution in [0.25, 0.3) is 27.7 Å². The third-order valence-corrected chi connectivity index (χ3v) is 6.67. The van der Waals surface area contributed by atoms with Crippen LogP contribution in [0.4, 0.5) is 0 Å². The Morgan fingerprint density at radius 3 is 2.47 bits per heavy atom. The molecule has 1 aliphatic heterocycles. The standard InChI is InChI=1S/C29H24ClN3O5/c1-38-24-10-6-5-9-19(24)23-16-22(32-33(23)25(34)13-14-26(35)36)28-27(17-7-3-2-4-8-17)20-15-18(30)11-12-21(20)31-29(28)37/h2-12,15-16,23,32H,13-14H2,1H3,(H,31,37)(H,35,36). The van der Waals surface area contributed by atoms with Crippen molar-refractivity contribution in [3.63, 3.8) is 0 Å². The van der Waals surface area contributed by atoms with Gasteiger partial charge in [-0.25, -0.2) is 5.01 Å². The second-order valence-corrected chi connectivity index (χ2v) is 9.23. The molecule has 0 radical (unpaired) electrons. The number of para-hydroxylation sites is 1. The zero-order valence-electron chi connectivity index (χ0n) is 20.4. The fourth-order valence-corrected chi connectivity index (χ4v) is 4.90. The van der Waals surface area contributed by atoms with E-state index in [9.17, 15) is 14.4 Å². The van der Waals surface area contributed by atoms with Crippen LogP contribution in [0, 0.1) is 0 Å². The Morgan fingerprint density at radius 1 is 1.00 bits per heavy atom. The summed E-state index contributed by atoms with van der Waals surface area (Å²) in [6, 6.07) is 21.3. The number of carboxylic acids is 1. The highest BCUT2D eigenvalue weighted by Gasteiger charge is 2.34. The number of nitrogens with one attached hydrogen (secondary N) is 2. The van der Waals surface area contributed by atoms with Crippen LogP contribution in [-0.4, -0.2) is 34.1 Å². The number of carbonyl (C=O) groups is 2. The van der Waals surface area contributed by atoms with Gasteiger partial charge in [0, 0.05) is 33.5 Å². The van der Waals surface area contributed by atoms with E-state index in [1.54, 1.807) is 30.3 Å². The molecule has 0 bridgehead atoms. The largest absolute Gasteiger partial charge is 0.496 e. The van der Waals surface area contributed by atoms with Gasteiger partial charge in [0.2, 0.25) is 5.91 Å². The number of ether oxygens (including phenoxy) is 1. The fourth-order valence-electron chi connectivity index (χ4n) is 4.73. The molecule has 2 heterocycles. The summed E-state index contributed by atoms with van der Waals surface area (Å²) < 4.78 is 5.54. The number of aromatic nitrogens is 1. The maximum absolute atomic E-state index is 13.6. The summed E-state index contributed by atoms with van der Waals surface area (Å²) in [5.41, 5.74) is 6.26. The van der Waals surface area contributed by atoms with Crippen molar-refractivity contribution >= 4 is 40.1 Å². The van der Waals surface area contributed by atoms with Gasteiger partial charge in [0.05, 0.1) is 24.8 Å². The number of methoxy groups -OCH3 is 1. The Labute approximate surface area is 223 Å². The highest BCUT2D eigenvalue weighted by Crippen LogP contribution is 2.39. The van der Waals surface area contributed by atoms with Crippen molar-refractivity contribution < 1.29 is 19.4 Å². The molecule has 3 aromatic carbocycles. The number of nitrogens with zero attached hydrogens (tertiary/aromatic N) is 1. The third-order valence-electron chi connectivity index (χ3n) is 6.43. The average molecular weight is 530 g/mol. The number of fused-ring (bicyclic) bond motifs is 1. The molecule has 192 valence electrons. The van der Waals surface area contributed by atoms with Crippen molar-refractivity contribution in [3.05, 3.63) is 105 Å². The van der Waals surface area contributed by atoms with E-state index in [2.05, 4.69) is 10.4 Å². The van der Waals surface area contributed by atoms with Crippen LogP contribution in [0.15, 0.2) is 83.7 Å². The molecule has 3 N–H and O–H groups in total. The molecular weight excluding hydrogens is 506 g/mol. The lowest BCUT2D eigenvalue weighted by Crippen LogP contribution is -2.40. The van der Waals surface area contributed by atoms with E-state index in [1.807, 2.05) is 48.5 Å². The summed E-state index contributed by atoms with van der Waals surface area (Å²) in [6.45, 7) is 0. The van der Waals surface area contributed by atoms with Crippen LogP contribution in [-0.2, 0) is 9.59 Å². The molecule has 0 saturated heterocycles. The van der Waals surface area contributed by atoms with Crippen LogP contribution in [0.3, 0.4) is 0 Å². The molecule has 0 fully saturated rings. The number of carbonyl (C=O) groups excluding carboxylic acids is 1. The predicted molar refractivity (Wildman–Crippen MR) is 146 cm³/mol. The third kappa shape index (κ3) is 4.73. The Balaban J connectivity index is 1.72. The lowest BCUT2D eigenvalue weighted by molar-refractivity contribution is -0.142. The van der Waals surface area contributed by atoms with Gasteiger partial charge in [-0.3, -0.25) is 19.8 Å². The molecule has 8 nitrogen and oxygen atoms in total. The van der Waals surface area contributed by atoms with Gasteiger partial charge in [0.25, 0.3) is 5.56 Å². The molecule has 0 spiro atoms. The van der Waals surface area contributed by atoms with E-state index in [-0.39, 0.29) is 18.4 Å². The number of amides is 1. The second kappa shape index (κ2) is 10.4. The van der Waals surface area contributed by atoms with Crippen molar-refractivity contribution in [1.82, 2.24) is 15.4 Å². The molecule has 4 aromatic rings. The van der Waals surface area contributed by atoms with Crippen LogP contribution in [0.2, 0.25) is 5.02 Å². The minimum atomic E-state index is -1.08. The quantitative estimate of drug-likeness (QED) is 0.305. The zero-order valence-corrected chi connectivity index (χ0v) is 21.2. The van der Waals surface area contributed by atoms with E-state index in [4.69, 9.17) is 21.4 Å². The van der Waals surface area contributed by atoms with E-state index in [0.29, 0.717) is 38.7 Å². The first-order chi connectivity index (χ1) is 18.4. The Hall–Kier alpha value is -4.56. The van der Waals surface area contributed by atoms with E-state index in [0.717, 1.165) is 10.9 Å². The first-order valence-corrected chi connectivity index (χ1v) is 12.3. The number of pyridine rings is 1. The first-order valence-electron chi connectivity index (χ1n) is 11.9. The lowest BCUT2D eigenvalue weighted by Gasteiger charge is -2.26. The van der Waals surface area contributed by atoms with Crippen LogP contribution in [0.5, 0.6) is 5.75 Å². The fraction of sp³-hybridized carbons (Fsp3) is 0.138. The zero-order chi connectivity index (χ0) is 26.8. The predicted octanol–water partition coefficient (Wildman–Crippen LogP) is 5.15. The topological polar surface area (TPSA) is 112 Å². The molecule has 1 unspecified atom stereocenters. The van der Waals surface area contributed by atoms with Crippen LogP contribution >= 0.6 is 11.6 Å². The molecule has 0 saturated carbocycles. The van der Waals surface area contributed by atoms with Gasteiger partial charge in [-0.1, -0.05) is 60.1 Å². The number of hydrogen-bond donors (Lipinski definition) is 3. The van der Waals surface area contributed by atoms with Gasteiger partial charge in [0.15, 0.2) is 0 Å². The number of halogens is 1. The highest BCUT2D eigenvalue weighted by atomic mass is 35.5. The SMILES string of the molecule is COc1ccccc1C1C=C(c2c(-c3ccccc3)c3cc(Cl)ccc3[nH]c2=O)NN1C(=O)CCC(=O)O. The minimum Gasteiger partial charge on any atom is -0.496 e. The minimum absolute atomic E-state index is 0.218. The summed E-state index contributed by atoms with van der Waals surface area (Å²) in [6.07, 6.45) is 1.24. The van der Waals surface area contributed by atoms with Crippen LogP contribution < -0.4 is 15.7 Å². The molecule has 1 aromatic heterocycles. The van der Waals surface area contributed by atoms with Gasteiger partial charge in [0.1, 0.15) is 11.8 Å². The molecule has 0 aliphatic carbocycles. The highest BCUT2D eigenvalue weighted by molar-refractivity contribution is 6.31. The molecular formula is C29H24ClN3O5. The number of benzene rings is 3. The average Bonchev–Trinajstić information content (AvgIpc) is 3.36. The smallest absolute Gasteiger partial charge is 0.303 e. The van der Waals surface area contributed by atoms with Gasteiger partial charge in [-0.05, 0) is 35.9 Å².